The molecule has 6 heteroatoms. The van der Waals surface area contributed by atoms with Crippen LogP contribution in [0.1, 0.15) is 30.4 Å². The fourth-order valence-corrected chi connectivity index (χ4v) is 4.81. The molecule has 2 N–H and O–H groups in total. The average Bonchev–Trinajstić information content (AvgIpc) is 2.92. The molecule has 2 aromatic rings. The van der Waals surface area contributed by atoms with Crippen LogP contribution in [0, 0.1) is 6.92 Å². The molecule has 0 aromatic heterocycles. The number of benzene rings is 2. The van der Waals surface area contributed by atoms with Crippen molar-refractivity contribution in [3.8, 4) is 16.9 Å². The molecule has 1 amide bonds. The highest BCUT2D eigenvalue weighted by molar-refractivity contribution is 6.07. The van der Waals surface area contributed by atoms with Gasteiger partial charge in [-0.1, -0.05) is 35.9 Å². The number of guanidine groups is 1. The molecule has 29 heavy (non-hydrogen) atoms. The minimum absolute atomic E-state index is 0.106. The van der Waals surface area contributed by atoms with Crippen molar-refractivity contribution in [2.24, 2.45) is 10.7 Å². The third-order valence-electron chi connectivity index (χ3n) is 6.27. The summed E-state index contributed by atoms with van der Waals surface area (Å²) in [6, 6.07) is 14.3. The van der Waals surface area contributed by atoms with Crippen molar-refractivity contribution in [2.45, 2.75) is 37.3 Å². The van der Waals surface area contributed by atoms with Gasteiger partial charge in [-0.15, -0.1) is 0 Å². The third-order valence-corrected chi connectivity index (χ3v) is 6.27. The molecule has 5 rings (SSSR count). The molecule has 6 nitrogen and oxygen atoms in total. The third kappa shape index (κ3) is 2.74. The Morgan fingerprint density at radius 1 is 1.17 bits per heavy atom. The number of hydrogen-bond acceptors (Lipinski definition) is 5. The first-order valence-corrected chi connectivity index (χ1v) is 10.0. The van der Waals surface area contributed by atoms with Gasteiger partial charge in [0.05, 0.1) is 6.61 Å². The number of fused-ring (bicyclic) bond motifs is 2. The summed E-state index contributed by atoms with van der Waals surface area (Å²) in [5.41, 5.74) is 8.58. The number of likely N-dealkylation sites (N-methyl/N-ethyl adjacent to an activating group) is 1. The van der Waals surface area contributed by atoms with Gasteiger partial charge in [-0.2, -0.15) is 0 Å². The van der Waals surface area contributed by atoms with Gasteiger partial charge in [0.2, 0.25) is 0 Å². The Bertz CT molecular complexity index is 1030. The van der Waals surface area contributed by atoms with E-state index in [1.54, 1.807) is 7.05 Å². The Labute approximate surface area is 170 Å². The zero-order valence-electron chi connectivity index (χ0n) is 16.8. The van der Waals surface area contributed by atoms with Crippen LogP contribution in [0.4, 0.5) is 0 Å². The van der Waals surface area contributed by atoms with Crippen LogP contribution in [0.3, 0.4) is 0 Å². The number of amides is 1. The van der Waals surface area contributed by atoms with Crippen molar-refractivity contribution in [2.75, 3.05) is 20.3 Å². The van der Waals surface area contributed by atoms with Gasteiger partial charge >= 0.3 is 0 Å². The van der Waals surface area contributed by atoms with Gasteiger partial charge in [-0.3, -0.25) is 9.69 Å². The SMILES string of the molecule is Cc1cccc(-c2ccc3c(c2)[C@]2(C[C@@]4(CCCOC4)O3)N=C(N)N(C)C2=O)c1. The molecule has 0 aliphatic carbocycles. The second kappa shape index (κ2) is 6.32. The van der Waals surface area contributed by atoms with Crippen LogP contribution >= 0.6 is 0 Å². The molecule has 150 valence electrons. The molecule has 2 spiro atoms. The number of rotatable bonds is 1. The maximum atomic E-state index is 13.4. The molecule has 1 saturated heterocycles. The Morgan fingerprint density at radius 2 is 2.00 bits per heavy atom. The van der Waals surface area contributed by atoms with Crippen LogP contribution in [0.25, 0.3) is 11.1 Å². The van der Waals surface area contributed by atoms with Gasteiger partial charge < -0.3 is 15.2 Å². The van der Waals surface area contributed by atoms with Gasteiger partial charge in [0, 0.05) is 25.6 Å². The molecule has 2 atom stereocenters. The quantitative estimate of drug-likeness (QED) is 0.811. The summed E-state index contributed by atoms with van der Waals surface area (Å²) in [4.78, 5) is 19.6. The molecular formula is C23H25N3O3. The van der Waals surface area contributed by atoms with Crippen LogP contribution in [-0.4, -0.2) is 42.6 Å². The predicted octanol–water partition coefficient (Wildman–Crippen LogP) is 2.98. The van der Waals surface area contributed by atoms with Crippen molar-refractivity contribution in [3.05, 3.63) is 53.6 Å². The predicted molar refractivity (Wildman–Crippen MR) is 111 cm³/mol. The van der Waals surface area contributed by atoms with Gasteiger partial charge in [-0.05, 0) is 43.0 Å². The molecule has 2 aromatic carbocycles. The van der Waals surface area contributed by atoms with E-state index in [1.165, 1.54) is 10.5 Å². The number of aryl methyl sites for hydroxylation is 1. The largest absolute Gasteiger partial charge is 0.484 e. The van der Waals surface area contributed by atoms with Crippen LogP contribution in [0.15, 0.2) is 47.5 Å². The molecule has 0 unspecified atom stereocenters. The summed E-state index contributed by atoms with van der Waals surface area (Å²) in [5.74, 6) is 0.833. The summed E-state index contributed by atoms with van der Waals surface area (Å²) >= 11 is 0. The Balaban J connectivity index is 1.69. The standard InChI is InChI=1S/C23H25N3O3/c1-15-5-3-6-16(11-15)17-7-8-19-18(12-17)23(20(27)26(2)21(24)25-23)13-22(29-19)9-4-10-28-14-22/h3,5-8,11-12H,4,9-10,13-14H2,1-2H3,(H2,24,25)/t22-,23+/m1/s1. The molecule has 0 radical (unpaired) electrons. The highest BCUT2D eigenvalue weighted by Crippen LogP contribution is 2.51. The lowest BCUT2D eigenvalue weighted by Gasteiger charge is -2.46. The molecule has 0 saturated carbocycles. The van der Waals surface area contributed by atoms with E-state index in [0.29, 0.717) is 18.8 Å². The Hall–Kier alpha value is -2.86. The highest BCUT2D eigenvalue weighted by atomic mass is 16.5. The first kappa shape index (κ1) is 18.2. The van der Waals surface area contributed by atoms with Gasteiger partial charge in [0.1, 0.15) is 11.4 Å². The molecule has 3 heterocycles. The lowest BCUT2D eigenvalue weighted by atomic mass is 9.74. The van der Waals surface area contributed by atoms with Crippen LogP contribution in [0.5, 0.6) is 5.75 Å². The van der Waals surface area contributed by atoms with Crippen molar-refractivity contribution in [1.29, 1.82) is 0 Å². The number of hydrogen-bond donors (Lipinski definition) is 1. The maximum absolute atomic E-state index is 13.4. The molecule has 3 aliphatic heterocycles. The minimum atomic E-state index is -1.06. The molecule has 3 aliphatic rings. The summed E-state index contributed by atoms with van der Waals surface area (Å²) in [6.45, 7) is 3.25. The maximum Gasteiger partial charge on any atom is 0.261 e. The average molecular weight is 391 g/mol. The van der Waals surface area contributed by atoms with Crippen molar-refractivity contribution >= 4 is 11.9 Å². The van der Waals surface area contributed by atoms with Gasteiger partial charge in [0.15, 0.2) is 11.5 Å². The zero-order valence-corrected chi connectivity index (χ0v) is 16.8. The Kier molecular flexibility index (Phi) is 3.96. The monoisotopic (exact) mass is 391 g/mol. The number of nitrogens with zero attached hydrogens (tertiary/aromatic N) is 2. The van der Waals surface area contributed by atoms with E-state index in [4.69, 9.17) is 20.2 Å². The summed E-state index contributed by atoms with van der Waals surface area (Å²) in [7, 11) is 1.68. The highest BCUT2D eigenvalue weighted by Gasteiger charge is 2.58. The number of nitrogens with two attached hydrogens (primary N) is 1. The first-order valence-electron chi connectivity index (χ1n) is 10.0. The molecule has 1 fully saturated rings. The van der Waals surface area contributed by atoms with E-state index in [-0.39, 0.29) is 11.9 Å². The fourth-order valence-electron chi connectivity index (χ4n) is 4.81. The smallest absolute Gasteiger partial charge is 0.261 e. The van der Waals surface area contributed by atoms with E-state index in [1.807, 2.05) is 24.3 Å². The van der Waals surface area contributed by atoms with Crippen LogP contribution < -0.4 is 10.5 Å². The number of carbonyl (C=O) groups is 1. The zero-order chi connectivity index (χ0) is 20.2. The molecular weight excluding hydrogens is 366 g/mol. The second-order valence-electron chi connectivity index (χ2n) is 8.39. The number of ether oxygens (including phenoxy) is 2. The number of aliphatic imine (C=N–C) groups is 1. The second-order valence-corrected chi connectivity index (χ2v) is 8.39. The van der Waals surface area contributed by atoms with Crippen molar-refractivity contribution in [1.82, 2.24) is 4.90 Å². The van der Waals surface area contributed by atoms with Crippen LogP contribution in [0.2, 0.25) is 0 Å². The van der Waals surface area contributed by atoms with Gasteiger partial charge in [-0.25, -0.2) is 4.99 Å². The van der Waals surface area contributed by atoms with Crippen molar-refractivity contribution < 1.29 is 14.3 Å². The Morgan fingerprint density at radius 3 is 2.69 bits per heavy atom. The minimum Gasteiger partial charge on any atom is -0.484 e. The van der Waals surface area contributed by atoms with E-state index >= 15 is 0 Å². The van der Waals surface area contributed by atoms with E-state index in [0.717, 1.165) is 36.1 Å². The summed E-state index contributed by atoms with van der Waals surface area (Å²) < 4.78 is 12.2. The normalized spacial score (nSPS) is 28.4. The van der Waals surface area contributed by atoms with E-state index < -0.39 is 11.1 Å². The summed E-state index contributed by atoms with van der Waals surface area (Å²) in [5, 5.41) is 0. The lowest BCUT2D eigenvalue weighted by Crippen LogP contribution is -2.55. The van der Waals surface area contributed by atoms with E-state index in [9.17, 15) is 4.79 Å². The van der Waals surface area contributed by atoms with E-state index in [2.05, 4.69) is 25.1 Å². The fraction of sp³-hybridized carbons (Fsp3) is 0.391. The number of carbonyl (C=O) groups excluding carboxylic acids is 1. The first-order chi connectivity index (χ1) is 13.9. The lowest BCUT2D eigenvalue weighted by molar-refractivity contribution is -0.139. The van der Waals surface area contributed by atoms with Gasteiger partial charge in [0.25, 0.3) is 5.91 Å². The topological polar surface area (TPSA) is 77.2 Å². The molecule has 0 bridgehead atoms. The summed E-state index contributed by atoms with van der Waals surface area (Å²) in [6.07, 6.45) is 2.17. The van der Waals surface area contributed by atoms with Crippen LogP contribution in [-0.2, 0) is 15.1 Å². The van der Waals surface area contributed by atoms with Crippen molar-refractivity contribution in [3.63, 3.8) is 0 Å².